The number of nitrogens with zero attached hydrogens (tertiary/aromatic N) is 4. The van der Waals surface area contributed by atoms with Crippen LogP contribution >= 0.6 is 12.4 Å². The number of hydrogen-bond acceptors (Lipinski definition) is 4. The second-order valence-electron chi connectivity index (χ2n) is 5.56. The van der Waals surface area contributed by atoms with Crippen molar-refractivity contribution < 1.29 is 4.79 Å². The number of amides is 1. The van der Waals surface area contributed by atoms with Crippen molar-refractivity contribution in [2.75, 3.05) is 39.3 Å². The number of carbonyl (C=O) groups excluding carboxylic acids is 1. The first-order chi connectivity index (χ1) is 9.78. The summed E-state index contributed by atoms with van der Waals surface area (Å²) < 4.78 is 1.80. The van der Waals surface area contributed by atoms with E-state index < -0.39 is 0 Å². The lowest BCUT2D eigenvalue weighted by Gasteiger charge is -2.32. The summed E-state index contributed by atoms with van der Waals surface area (Å²) in [4.78, 5) is 16.9. The van der Waals surface area contributed by atoms with Crippen LogP contribution in [0.25, 0.3) is 0 Å². The van der Waals surface area contributed by atoms with Crippen molar-refractivity contribution in [3.63, 3.8) is 0 Å². The van der Waals surface area contributed by atoms with Crippen LogP contribution in [0.15, 0.2) is 12.4 Å². The van der Waals surface area contributed by atoms with E-state index in [1.165, 1.54) is 0 Å². The molecule has 1 aromatic heterocycles. The molecule has 1 unspecified atom stereocenters. The molecule has 0 bridgehead atoms. The van der Waals surface area contributed by atoms with Gasteiger partial charge in [0, 0.05) is 58.1 Å². The summed E-state index contributed by atoms with van der Waals surface area (Å²) in [6.45, 7) is 8.87. The monoisotopic (exact) mass is 313 g/mol. The first-order valence-electron chi connectivity index (χ1n) is 7.54. The Balaban J connectivity index is 0.00000161. The highest BCUT2D eigenvalue weighted by molar-refractivity contribution is 5.93. The number of likely N-dealkylation sites (tertiary alicyclic amines) is 1. The number of hydrogen-bond donors (Lipinski definition) is 1. The summed E-state index contributed by atoms with van der Waals surface area (Å²) in [6.07, 6.45) is 4.62. The Bertz CT molecular complexity index is 472. The zero-order chi connectivity index (χ0) is 13.9. The lowest BCUT2D eigenvalue weighted by Crippen LogP contribution is -2.49. The van der Waals surface area contributed by atoms with Crippen molar-refractivity contribution in [2.45, 2.75) is 25.9 Å². The molecule has 2 aliphatic heterocycles. The maximum absolute atomic E-state index is 12.4. The summed E-state index contributed by atoms with van der Waals surface area (Å²) in [7, 11) is 0. The molecule has 2 aliphatic rings. The highest BCUT2D eigenvalue weighted by Gasteiger charge is 2.31. The van der Waals surface area contributed by atoms with Crippen LogP contribution in [0, 0.1) is 0 Å². The number of halogens is 1. The van der Waals surface area contributed by atoms with Crippen molar-refractivity contribution >= 4 is 18.3 Å². The van der Waals surface area contributed by atoms with Crippen LogP contribution in [0.5, 0.6) is 0 Å². The minimum Gasteiger partial charge on any atom is -0.337 e. The van der Waals surface area contributed by atoms with Crippen molar-refractivity contribution in [3.8, 4) is 0 Å². The average molecular weight is 314 g/mol. The molecule has 1 N–H and O–H groups in total. The molecule has 6 nitrogen and oxygen atoms in total. The van der Waals surface area contributed by atoms with E-state index >= 15 is 0 Å². The van der Waals surface area contributed by atoms with Gasteiger partial charge in [-0.05, 0) is 13.3 Å². The molecule has 0 aliphatic carbocycles. The largest absolute Gasteiger partial charge is 0.337 e. The van der Waals surface area contributed by atoms with Gasteiger partial charge in [0.2, 0.25) is 0 Å². The first kappa shape index (κ1) is 16.3. The third-order valence-electron chi connectivity index (χ3n) is 4.32. The molecule has 0 aromatic carbocycles. The highest BCUT2D eigenvalue weighted by atomic mass is 35.5. The number of nitrogens with one attached hydrogen (secondary N) is 1. The Morgan fingerprint density at radius 1 is 1.38 bits per heavy atom. The van der Waals surface area contributed by atoms with Crippen LogP contribution in [0.4, 0.5) is 0 Å². The van der Waals surface area contributed by atoms with E-state index in [-0.39, 0.29) is 18.3 Å². The van der Waals surface area contributed by atoms with Gasteiger partial charge in [0.15, 0.2) is 0 Å². The zero-order valence-corrected chi connectivity index (χ0v) is 13.3. The topological polar surface area (TPSA) is 53.4 Å². The molecule has 1 atom stereocenters. The molecule has 21 heavy (non-hydrogen) atoms. The number of rotatable bonds is 3. The predicted molar refractivity (Wildman–Crippen MR) is 83.9 cm³/mol. The smallest absolute Gasteiger partial charge is 0.257 e. The molecule has 0 saturated carbocycles. The van der Waals surface area contributed by atoms with Crippen LogP contribution in [-0.2, 0) is 6.54 Å². The van der Waals surface area contributed by atoms with Crippen molar-refractivity contribution in [2.24, 2.45) is 0 Å². The number of carbonyl (C=O) groups is 1. The SMILES string of the molecule is CCn1cc(C(=O)N2CCC(N3CCNCC3)C2)cn1.Cl. The highest BCUT2D eigenvalue weighted by Crippen LogP contribution is 2.18. The number of aromatic nitrogens is 2. The summed E-state index contributed by atoms with van der Waals surface area (Å²) >= 11 is 0. The molecule has 0 radical (unpaired) electrons. The normalized spacial score (nSPS) is 23.1. The Kier molecular flexibility index (Phi) is 5.61. The van der Waals surface area contributed by atoms with Crippen molar-refractivity contribution in [3.05, 3.63) is 18.0 Å². The Hall–Kier alpha value is -1.11. The van der Waals surface area contributed by atoms with E-state index in [9.17, 15) is 4.79 Å². The first-order valence-corrected chi connectivity index (χ1v) is 7.54. The Labute approximate surface area is 131 Å². The third-order valence-corrected chi connectivity index (χ3v) is 4.32. The Morgan fingerprint density at radius 3 is 2.81 bits per heavy atom. The van der Waals surface area contributed by atoms with Crippen LogP contribution in [0.1, 0.15) is 23.7 Å². The maximum atomic E-state index is 12.4. The van der Waals surface area contributed by atoms with E-state index in [1.807, 2.05) is 18.0 Å². The van der Waals surface area contributed by atoms with Gasteiger partial charge < -0.3 is 10.2 Å². The summed E-state index contributed by atoms with van der Waals surface area (Å²) in [5.74, 6) is 0.127. The summed E-state index contributed by atoms with van der Waals surface area (Å²) in [5.41, 5.74) is 0.716. The minimum atomic E-state index is 0. The standard InChI is InChI=1S/C14H23N5O.ClH/c1-2-19-10-12(9-16-19)14(20)18-6-3-13(11-18)17-7-4-15-5-8-17;/h9-10,13,15H,2-8,11H2,1H3;1H. The molecule has 1 aromatic rings. The quantitative estimate of drug-likeness (QED) is 0.880. The second kappa shape index (κ2) is 7.24. The fourth-order valence-corrected chi connectivity index (χ4v) is 3.10. The van der Waals surface area contributed by atoms with Crippen LogP contribution in [0.2, 0.25) is 0 Å². The van der Waals surface area contributed by atoms with Crippen molar-refractivity contribution in [1.29, 1.82) is 0 Å². The molecular weight excluding hydrogens is 290 g/mol. The molecular formula is C14H24ClN5O. The number of piperazine rings is 1. The predicted octanol–water partition coefficient (Wildman–Crippen LogP) is 0.444. The van der Waals surface area contributed by atoms with Gasteiger partial charge in [-0.25, -0.2) is 0 Å². The molecule has 2 saturated heterocycles. The fourth-order valence-electron chi connectivity index (χ4n) is 3.10. The van der Waals surface area contributed by atoms with E-state index in [1.54, 1.807) is 10.9 Å². The zero-order valence-electron chi connectivity index (χ0n) is 12.5. The average Bonchev–Trinajstić information content (AvgIpc) is 3.17. The third kappa shape index (κ3) is 3.56. The second-order valence-corrected chi connectivity index (χ2v) is 5.56. The molecule has 7 heteroatoms. The van der Waals surface area contributed by atoms with E-state index in [4.69, 9.17) is 0 Å². The van der Waals surface area contributed by atoms with Crippen LogP contribution in [0.3, 0.4) is 0 Å². The van der Waals surface area contributed by atoms with Gasteiger partial charge in [0.25, 0.3) is 5.91 Å². The Morgan fingerprint density at radius 2 is 2.14 bits per heavy atom. The molecule has 3 heterocycles. The lowest BCUT2D eigenvalue weighted by molar-refractivity contribution is 0.0773. The van der Waals surface area contributed by atoms with E-state index in [0.29, 0.717) is 11.6 Å². The van der Waals surface area contributed by atoms with Gasteiger partial charge in [-0.15, -0.1) is 12.4 Å². The summed E-state index contributed by atoms with van der Waals surface area (Å²) in [6, 6.07) is 0.530. The van der Waals surface area contributed by atoms with Gasteiger partial charge in [-0.2, -0.15) is 5.10 Å². The van der Waals surface area contributed by atoms with E-state index in [0.717, 1.165) is 52.2 Å². The number of aryl methyl sites for hydroxylation is 1. The fraction of sp³-hybridized carbons (Fsp3) is 0.714. The van der Waals surface area contributed by atoms with Gasteiger partial charge in [-0.3, -0.25) is 14.4 Å². The molecule has 2 fully saturated rings. The van der Waals surface area contributed by atoms with Crippen LogP contribution in [-0.4, -0.2) is 70.8 Å². The minimum absolute atomic E-state index is 0. The maximum Gasteiger partial charge on any atom is 0.257 e. The van der Waals surface area contributed by atoms with E-state index in [2.05, 4.69) is 15.3 Å². The van der Waals surface area contributed by atoms with Gasteiger partial charge in [0.05, 0.1) is 11.8 Å². The lowest BCUT2D eigenvalue weighted by atomic mass is 10.2. The molecule has 1 amide bonds. The van der Waals surface area contributed by atoms with Crippen LogP contribution < -0.4 is 5.32 Å². The summed E-state index contributed by atoms with van der Waals surface area (Å²) in [5, 5.41) is 7.56. The van der Waals surface area contributed by atoms with Gasteiger partial charge in [-0.1, -0.05) is 0 Å². The molecule has 3 rings (SSSR count). The van der Waals surface area contributed by atoms with Gasteiger partial charge in [0.1, 0.15) is 0 Å². The van der Waals surface area contributed by atoms with Gasteiger partial charge >= 0.3 is 0 Å². The van der Waals surface area contributed by atoms with Crippen molar-refractivity contribution in [1.82, 2.24) is 24.9 Å². The molecule has 0 spiro atoms. The molecule has 118 valence electrons.